The summed E-state index contributed by atoms with van der Waals surface area (Å²) in [6.45, 7) is -1.35. The lowest BCUT2D eigenvalue weighted by molar-refractivity contribution is -0.0512. The van der Waals surface area contributed by atoms with E-state index in [-0.39, 0.29) is 35.7 Å². The number of likely N-dealkylation sites (tertiary alicyclic amines) is 1. The molecular weight excluding hydrogens is 458 g/mol. The summed E-state index contributed by atoms with van der Waals surface area (Å²) in [7, 11) is 1.34. The molecule has 0 aliphatic carbocycles. The first-order valence-electron chi connectivity index (χ1n) is 10.2. The minimum atomic E-state index is -2.97. The molecule has 1 N–H and O–H groups in total. The highest BCUT2D eigenvalue weighted by molar-refractivity contribution is 6.31. The van der Waals surface area contributed by atoms with Crippen molar-refractivity contribution in [2.75, 3.05) is 25.5 Å². The fraction of sp³-hybridized carbons (Fsp3) is 0.318. The predicted octanol–water partition coefficient (Wildman–Crippen LogP) is 4.85. The molecule has 0 radical (unpaired) electrons. The molecule has 0 unspecified atom stereocenters. The van der Waals surface area contributed by atoms with Crippen molar-refractivity contribution in [2.45, 2.75) is 26.0 Å². The van der Waals surface area contributed by atoms with Gasteiger partial charge in [-0.25, -0.2) is 0 Å². The molecular formula is C22H21ClF2N4O4. The van der Waals surface area contributed by atoms with Crippen molar-refractivity contribution in [1.29, 1.82) is 0 Å². The van der Waals surface area contributed by atoms with E-state index in [1.165, 1.54) is 25.3 Å². The van der Waals surface area contributed by atoms with Gasteiger partial charge < -0.3 is 24.2 Å². The van der Waals surface area contributed by atoms with Gasteiger partial charge in [0.05, 0.1) is 19.2 Å². The number of amides is 1. The molecule has 1 fully saturated rings. The monoisotopic (exact) mass is 478 g/mol. The van der Waals surface area contributed by atoms with Crippen LogP contribution >= 0.6 is 11.6 Å². The second kappa shape index (κ2) is 10.0. The topological polar surface area (TPSA) is 89.7 Å². The molecule has 1 aliphatic heterocycles. The summed E-state index contributed by atoms with van der Waals surface area (Å²) in [5, 5.41) is 7.55. The lowest BCUT2D eigenvalue weighted by Gasteiger charge is -2.18. The van der Waals surface area contributed by atoms with Crippen LogP contribution in [0.4, 0.5) is 14.5 Å². The third-order valence-electron chi connectivity index (χ3n) is 5.14. The molecule has 1 amide bonds. The van der Waals surface area contributed by atoms with Crippen LogP contribution in [-0.2, 0) is 6.54 Å². The Morgan fingerprint density at radius 1 is 1.21 bits per heavy atom. The van der Waals surface area contributed by atoms with Crippen LogP contribution in [0.25, 0.3) is 11.4 Å². The number of anilines is 1. The third-order valence-corrected chi connectivity index (χ3v) is 5.38. The number of hydrogen-bond acceptors (Lipinski definition) is 7. The minimum absolute atomic E-state index is 0.0592. The predicted molar refractivity (Wildman–Crippen MR) is 117 cm³/mol. The Hall–Kier alpha value is -3.40. The van der Waals surface area contributed by atoms with Crippen LogP contribution < -0.4 is 14.8 Å². The molecule has 33 heavy (non-hydrogen) atoms. The van der Waals surface area contributed by atoms with Crippen LogP contribution in [-0.4, -0.2) is 47.8 Å². The fourth-order valence-corrected chi connectivity index (χ4v) is 3.73. The van der Waals surface area contributed by atoms with Crippen molar-refractivity contribution < 1.29 is 27.6 Å². The minimum Gasteiger partial charge on any atom is -0.493 e. The standard InChI is InChI=1S/C22H21ClF2N4O4/c1-31-18-10-13(4-7-17(18)32-22(24)25)20-27-19(33-28-20)12-26-16-11-14(23)5-6-15(16)21(30)29-8-2-3-9-29/h4-7,10-11,22,26H,2-3,8-9,12H2,1H3. The molecule has 0 spiro atoms. The van der Waals surface area contributed by atoms with Gasteiger partial charge in [0, 0.05) is 29.4 Å². The molecule has 1 saturated heterocycles. The number of alkyl halides is 2. The summed E-state index contributed by atoms with van der Waals surface area (Å²) >= 11 is 6.13. The van der Waals surface area contributed by atoms with E-state index >= 15 is 0 Å². The molecule has 0 saturated carbocycles. The van der Waals surface area contributed by atoms with Crippen LogP contribution in [0.3, 0.4) is 0 Å². The van der Waals surface area contributed by atoms with E-state index < -0.39 is 6.61 Å². The van der Waals surface area contributed by atoms with Crippen molar-refractivity contribution in [2.24, 2.45) is 0 Å². The van der Waals surface area contributed by atoms with E-state index in [1.54, 1.807) is 18.2 Å². The van der Waals surface area contributed by atoms with Gasteiger partial charge in [0.1, 0.15) is 0 Å². The lowest BCUT2D eigenvalue weighted by atomic mass is 10.1. The SMILES string of the molecule is COc1cc(-c2noc(CNc3cc(Cl)ccc3C(=O)N3CCCC3)n2)ccc1OC(F)F. The zero-order valence-electron chi connectivity index (χ0n) is 17.7. The number of ether oxygens (including phenoxy) is 2. The molecule has 174 valence electrons. The maximum absolute atomic E-state index is 12.9. The highest BCUT2D eigenvalue weighted by Gasteiger charge is 2.22. The number of carbonyl (C=O) groups excluding carboxylic acids is 1. The Balaban J connectivity index is 1.49. The van der Waals surface area contributed by atoms with Crippen LogP contribution in [0.15, 0.2) is 40.9 Å². The number of carbonyl (C=O) groups is 1. The first-order valence-corrected chi connectivity index (χ1v) is 10.6. The van der Waals surface area contributed by atoms with Gasteiger partial charge in [-0.1, -0.05) is 16.8 Å². The molecule has 4 rings (SSSR count). The molecule has 1 aromatic heterocycles. The van der Waals surface area contributed by atoms with Crippen molar-refractivity contribution in [3.8, 4) is 22.9 Å². The molecule has 11 heteroatoms. The van der Waals surface area contributed by atoms with Gasteiger partial charge in [0.2, 0.25) is 11.7 Å². The summed E-state index contributed by atoms with van der Waals surface area (Å²) in [5.74, 6) is 0.458. The van der Waals surface area contributed by atoms with Gasteiger partial charge in [-0.15, -0.1) is 0 Å². The third kappa shape index (κ3) is 5.33. The summed E-state index contributed by atoms with van der Waals surface area (Å²) < 4.78 is 39.9. The average molecular weight is 479 g/mol. The quantitative estimate of drug-likeness (QED) is 0.495. The number of hydrogen-bond donors (Lipinski definition) is 1. The number of nitrogens with zero attached hydrogens (tertiary/aromatic N) is 3. The molecule has 1 aliphatic rings. The zero-order valence-corrected chi connectivity index (χ0v) is 18.4. The van der Waals surface area contributed by atoms with Crippen molar-refractivity contribution >= 4 is 23.2 Å². The number of nitrogens with one attached hydrogen (secondary N) is 1. The molecule has 0 bridgehead atoms. The average Bonchev–Trinajstić information content (AvgIpc) is 3.50. The van der Waals surface area contributed by atoms with Crippen LogP contribution in [0, 0.1) is 0 Å². The Bertz CT molecular complexity index is 1140. The van der Waals surface area contributed by atoms with E-state index in [0.717, 1.165) is 25.9 Å². The van der Waals surface area contributed by atoms with E-state index in [9.17, 15) is 13.6 Å². The molecule has 3 aromatic rings. The summed E-state index contributed by atoms with van der Waals surface area (Å²) in [6, 6.07) is 9.39. The van der Waals surface area contributed by atoms with Gasteiger partial charge in [-0.2, -0.15) is 13.8 Å². The Morgan fingerprint density at radius 3 is 2.73 bits per heavy atom. The normalized spacial score (nSPS) is 13.4. The van der Waals surface area contributed by atoms with Crippen LogP contribution in [0.1, 0.15) is 29.1 Å². The Kier molecular flexibility index (Phi) is 6.93. The van der Waals surface area contributed by atoms with Gasteiger partial charge in [0.15, 0.2) is 11.5 Å². The first kappa shape index (κ1) is 22.8. The van der Waals surface area contributed by atoms with E-state index in [0.29, 0.717) is 21.8 Å². The number of rotatable bonds is 8. The largest absolute Gasteiger partial charge is 0.493 e. The van der Waals surface area contributed by atoms with Gasteiger partial charge >= 0.3 is 6.61 Å². The second-order valence-corrected chi connectivity index (χ2v) is 7.74. The van der Waals surface area contributed by atoms with Crippen molar-refractivity contribution in [1.82, 2.24) is 15.0 Å². The smallest absolute Gasteiger partial charge is 0.387 e. The first-order chi connectivity index (χ1) is 15.9. The van der Waals surface area contributed by atoms with E-state index in [4.69, 9.17) is 20.9 Å². The van der Waals surface area contributed by atoms with Gasteiger partial charge in [-0.3, -0.25) is 4.79 Å². The lowest BCUT2D eigenvalue weighted by Crippen LogP contribution is -2.28. The van der Waals surface area contributed by atoms with Crippen LogP contribution in [0.5, 0.6) is 11.5 Å². The van der Waals surface area contributed by atoms with E-state index in [2.05, 4.69) is 20.2 Å². The number of halogens is 3. The summed E-state index contributed by atoms with van der Waals surface area (Å²) in [6.07, 6.45) is 1.99. The summed E-state index contributed by atoms with van der Waals surface area (Å²) in [4.78, 5) is 19.0. The highest BCUT2D eigenvalue weighted by atomic mass is 35.5. The molecule has 0 atom stereocenters. The molecule has 8 nitrogen and oxygen atoms in total. The number of benzene rings is 2. The van der Waals surface area contributed by atoms with E-state index in [1.807, 2.05) is 4.90 Å². The Labute approximate surface area is 193 Å². The maximum atomic E-state index is 12.9. The maximum Gasteiger partial charge on any atom is 0.387 e. The Morgan fingerprint density at radius 2 is 2.00 bits per heavy atom. The van der Waals surface area contributed by atoms with Crippen molar-refractivity contribution in [3.05, 3.63) is 52.9 Å². The van der Waals surface area contributed by atoms with Gasteiger partial charge in [-0.05, 0) is 49.2 Å². The number of methoxy groups -OCH3 is 1. The zero-order chi connectivity index (χ0) is 23.4. The highest BCUT2D eigenvalue weighted by Crippen LogP contribution is 2.32. The second-order valence-electron chi connectivity index (χ2n) is 7.30. The van der Waals surface area contributed by atoms with Crippen molar-refractivity contribution in [3.63, 3.8) is 0 Å². The van der Waals surface area contributed by atoms with Crippen LogP contribution in [0.2, 0.25) is 5.02 Å². The van der Waals surface area contributed by atoms with Gasteiger partial charge in [0.25, 0.3) is 5.91 Å². The molecule has 2 heterocycles. The fourth-order valence-electron chi connectivity index (χ4n) is 3.55. The molecule has 2 aromatic carbocycles. The summed E-state index contributed by atoms with van der Waals surface area (Å²) in [5.41, 5.74) is 1.57. The number of aromatic nitrogens is 2.